The van der Waals surface area contributed by atoms with Crippen LogP contribution in [-0.2, 0) is 0 Å². The van der Waals surface area contributed by atoms with Crippen LogP contribution in [0.5, 0.6) is 11.5 Å². The number of hydrogen-bond acceptors (Lipinski definition) is 3. The first-order valence-electron chi connectivity index (χ1n) is 8.02. The van der Waals surface area contributed by atoms with Gasteiger partial charge >= 0.3 is 0 Å². The standard InChI is InChI=1S/C19H22FNO3/c1-4-10-24-17-9-6-14(12-18(17)23-5-2)19(22)21-16-8-7-15(20)11-13(16)3/h6-9,11-12H,4-5,10H2,1-3H3,(H,21,22). The summed E-state index contributed by atoms with van der Waals surface area (Å²) in [6.07, 6.45) is 0.887. The number of carbonyl (C=O) groups is 1. The van der Waals surface area contributed by atoms with Crippen molar-refractivity contribution in [1.29, 1.82) is 0 Å². The molecule has 0 spiro atoms. The summed E-state index contributed by atoms with van der Waals surface area (Å²) in [5.41, 5.74) is 1.69. The fourth-order valence-corrected chi connectivity index (χ4v) is 2.21. The van der Waals surface area contributed by atoms with Gasteiger partial charge in [0.2, 0.25) is 0 Å². The van der Waals surface area contributed by atoms with Crippen LogP contribution < -0.4 is 14.8 Å². The molecule has 0 atom stereocenters. The SMILES string of the molecule is CCCOc1ccc(C(=O)Nc2ccc(F)cc2C)cc1OCC. The van der Waals surface area contributed by atoms with Gasteiger partial charge in [-0.1, -0.05) is 6.92 Å². The average Bonchev–Trinajstić information content (AvgIpc) is 2.56. The van der Waals surface area contributed by atoms with Crippen molar-refractivity contribution >= 4 is 11.6 Å². The van der Waals surface area contributed by atoms with E-state index in [9.17, 15) is 9.18 Å². The number of ether oxygens (including phenoxy) is 2. The number of amides is 1. The van der Waals surface area contributed by atoms with Crippen molar-refractivity contribution in [3.8, 4) is 11.5 Å². The van der Waals surface area contributed by atoms with Crippen LogP contribution in [0.2, 0.25) is 0 Å². The summed E-state index contributed by atoms with van der Waals surface area (Å²) in [6, 6.07) is 9.31. The maximum Gasteiger partial charge on any atom is 0.255 e. The molecular formula is C19H22FNO3. The van der Waals surface area contributed by atoms with Crippen molar-refractivity contribution in [1.82, 2.24) is 0 Å². The van der Waals surface area contributed by atoms with E-state index in [2.05, 4.69) is 5.32 Å². The van der Waals surface area contributed by atoms with E-state index in [1.54, 1.807) is 31.2 Å². The van der Waals surface area contributed by atoms with Crippen molar-refractivity contribution in [2.75, 3.05) is 18.5 Å². The molecule has 0 fully saturated rings. The molecule has 2 aromatic rings. The Morgan fingerprint density at radius 3 is 2.54 bits per heavy atom. The van der Waals surface area contributed by atoms with Crippen LogP contribution in [0.4, 0.5) is 10.1 Å². The normalized spacial score (nSPS) is 10.3. The van der Waals surface area contributed by atoms with Crippen LogP contribution >= 0.6 is 0 Å². The number of halogens is 1. The molecule has 1 amide bonds. The average molecular weight is 331 g/mol. The van der Waals surface area contributed by atoms with Crippen molar-refractivity contribution in [3.05, 3.63) is 53.3 Å². The third kappa shape index (κ3) is 4.47. The van der Waals surface area contributed by atoms with Crippen molar-refractivity contribution in [3.63, 3.8) is 0 Å². The van der Waals surface area contributed by atoms with Crippen LogP contribution in [0.25, 0.3) is 0 Å². The number of aryl methyl sites for hydroxylation is 1. The van der Waals surface area contributed by atoms with Crippen LogP contribution in [0.15, 0.2) is 36.4 Å². The van der Waals surface area contributed by atoms with Crippen molar-refractivity contribution < 1.29 is 18.7 Å². The smallest absolute Gasteiger partial charge is 0.255 e. The Kier molecular flexibility index (Phi) is 6.18. The minimum absolute atomic E-state index is 0.285. The second-order valence-corrected chi connectivity index (χ2v) is 5.36. The lowest BCUT2D eigenvalue weighted by Gasteiger charge is -2.13. The predicted molar refractivity (Wildman–Crippen MR) is 92.5 cm³/mol. The minimum atomic E-state index is -0.332. The van der Waals surface area contributed by atoms with E-state index in [0.29, 0.717) is 41.5 Å². The lowest BCUT2D eigenvalue weighted by molar-refractivity contribution is 0.102. The summed E-state index contributed by atoms with van der Waals surface area (Å²) in [5.74, 6) is 0.539. The zero-order valence-corrected chi connectivity index (χ0v) is 14.2. The summed E-state index contributed by atoms with van der Waals surface area (Å²) < 4.78 is 24.3. The molecule has 0 bridgehead atoms. The first-order chi connectivity index (χ1) is 11.5. The maximum atomic E-state index is 13.1. The van der Waals surface area contributed by atoms with Gasteiger partial charge in [0.05, 0.1) is 13.2 Å². The van der Waals surface area contributed by atoms with Gasteiger partial charge in [-0.15, -0.1) is 0 Å². The second kappa shape index (κ2) is 8.34. The fraction of sp³-hybridized carbons (Fsp3) is 0.316. The first-order valence-corrected chi connectivity index (χ1v) is 8.02. The monoisotopic (exact) mass is 331 g/mol. The van der Waals surface area contributed by atoms with Gasteiger partial charge in [0, 0.05) is 11.3 Å². The summed E-state index contributed by atoms with van der Waals surface area (Å²) in [7, 11) is 0. The highest BCUT2D eigenvalue weighted by Gasteiger charge is 2.13. The third-order valence-electron chi connectivity index (χ3n) is 3.40. The Bertz CT molecular complexity index is 716. The van der Waals surface area contributed by atoms with Gasteiger partial charge < -0.3 is 14.8 Å². The Labute approximate surface area is 141 Å². The van der Waals surface area contributed by atoms with Crippen LogP contribution in [-0.4, -0.2) is 19.1 Å². The highest BCUT2D eigenvalue weighted by atomic mass is 19.1. The molecule has 128 valence electrons. The van der Waals surface area contributed by atoms with E-state index in [-0.39, 0.29) is 11.7 Å². The number of hydrogen-bond donors (Lipinski definition) is 1. The highest BCUT2D eigenvalue weighted by Crippen LogP contribution is 2.29. The molecule has 0 unspecified atom stereocenters. The molecule has 4 nitrogen and oxygen atoms in total. The number of benzene rings is 2. The van der Waals surface area contributed by atoms with Crippen LogP contribution in [0, 0.1) is 12.7 Å². The van der Waals surface area contributed by atoms with E-state index >= 15 is 0 Å². The molecule has 0 radical (unpaired) electrons. The molecule has 0 heterocycles. The maximum absolute atomic E-state index is 13.1. The Morgan fingerprint density at radius 2 is 1.88 bits per heavy atom. The van der Waals surface area contributed by atoms with Gasteiger partial charge in [-0.3, -0.25) is 4.79 Å². The Balaban J connectivity index is 2.20. The predicted octanol–water partition coefficient (Wildman–Crippen LogP) is 4.57. The van der Waals surface area contributed by atoms with E-state index in [1.165, 1.54) is 12.1 Å². The largest absolute Gasteiger partial charge is 0.490 e. The fourth-order valence-electron chi connectivity index (χ4n) is 2.21. The van der Waals surface area contributed by atoms with Crippen molar-refractivity contribution in [2.24, 2.45) is 0 Å². The molecule has 24 heavy (non-hydrogen) atoms. The zero-order chi connectivity index (χ0) is 17.5. The van der Waals surface area contributed by atoms with Crippen molar-refractivity contribution in [2.45, 2.75) is 27.2 Å². The number of rotatable bonds is 7. The third-order valence-corrected chi connectivity index (χ3v) is 3.40. The molecule has 0 saturated heterocycles. The lowest BCUT2D eigenvalue weighted by atomic mass is 10.1. The molecule has 1 N–H and O–H groups in total. The van der Waals surface area contributed by atoms with Gasteiger partial charge in [0.25, 0.3) is 5.91 Å². The van der Waals surface area contributed by atoms with E-state index < -0.39 is 0 Å². The number of carbonyl (C=O) groups excluding carboxylic acids is 1. The highest BCUT2D eigenvalue weighted by molar-refractivity contribution is 6.05. The summed E-state index contributed by atoms with van der Waals surface area (Å²) in [6.45, 7) is 6.70. The van der Waals surface area contributed by atoms with Gasteiger partial charge in [-0.2, -0.15) is 0 Å². The quantitative estimate of drug-likeness (QED) is 0.808. The summed E-state index contributed by atoms with van der Waals surface area (Å²) >= 11 is 0. The molecule has 5 heteroatoms. The summed E-state index contributed by atoms with van der Waals surface area (Å²) in [4.78, 5) is 12.4. The van der Waals surface area contributed by atoms with E-state index in [0.717, 1.165) is 6.42 Å². The van der Waals surface area contributed by atoms with E-state index in [4.69, 9.17) is 9.47 Å². The first kappa shape index (κ1) is 17.8. The molecule has 0 saturated carbocycles. The topological polar surface area (TPSA) is 47.6 Å². The van der Waals surface area contributed by atoms with Gasteiger partial charge in [0.1, 0.15) is 5.82 Å². The Hall–Kier alpha value is -2.56. The molecule has 2 rings (SSSR count). The lowest BCUT2D eigenvalue weighted by Crippen LogP contribution is -2.13. The van der Waals surface area contributed by atoms with E-state index in [1.807, 2.05) is 13.8 Å². The van der Waals surface area contributed by atoms with Gasteiger partial charge in [-0.05, 0) is 62.2 Å². The number of nitrogens with one attached hydrogen (secondary N) is 1. The molecule has 0 aliphatic carbocycles. The number of anilines is 1. The van der Waals surface area contributed by atoms with Crippen LogP contribution in [0.3, 0.4) is 0 Å². The Morgan fingerprint density at radius 1 is 1.08 bits per heavy atom. The molecule has 0 aliphatic rings. The van der Waals surface area contributed by atoms with Crippen LogP contribution in [0.1, 0.15) is 36.2 Å². The summed E-state index contributed by atoms with van der Waals surface area (Å²) in [5, 5.41) is 2.78. The molecular weight excluding hydrogens is 309 g/mol. The van der Waals surface area contributed by atoms with Gasteiger partial charge in [-0.25, -0.2) is 4.39 Å². The van der Waals surface area contributed by atoms with Gasteiger partial charge in [0.15, 0.2) is 11.5 Å². The molecule has 0 aliphatic heterocycles. The zero-order valence-electron chi connectivity index (χ0n) is 14.2. The molecule has 0 aromatic heterocycles. The minimum Gasteiger partial charge on any atom is -0.490 e. The second-order valence-electron chi connectivity index (χ2n) is 5.36. The molecule has 2 aromatic carbocycles.